The zero-order valence-corrected chi connectivity index (χ0v) is 16.5. The predicted octanol–water partition coefficient (Wildman–Crippen LogP) is 3.70. The number of hydrogen-bond acceptors (Lipinski definition) is 6. The molecule has 1 aromatic carbocycles. The van der Waals surface area contributed by atoms with Crippen LogP contribution < -0.4 is 19.5 Å². The summed E-state index contributed by atoms with van der Waals surface area (Å²) in [6, 6.07) is 9.18. The summed E-state index contributed by atoms with van der Waals surface area (Å²) in [5, 5.41) is 2.83. The van der Waals surface area contributed by atoms with E-state index in [0.717, 1.165) is 22.4 Å². The summed E-state index contributed by atoms with van der Waals surface area (Å²) in [4.78, 5) is 16.5. The minimum atomic E-state index is -0.224. The third-order valence-electron chi connectivity index (χ3n) is 4.22. The summed E-state index contributed by atoms with van der Waals surface area (Å²) in [6.07, 6.45) is 8.10. The zero-order valence-electron chi connectivity index (χ0n) is 16.5. The average Bonchev–Trinajstić information content (AvgIpc) is 3.30. The number of amides is 1. The van der Waals surface area contributed by atoms with Crippen molar-refractivity contribution in [2.75, 3.05) is 21.3 Å². The molecule has 3 rings (SSSR count). The van der Waals surface area contributed by atoms with Gasteiger partial charge in [-0.15, -0.1) is 0 Å². The summed E-state index contributed by atoms with van der Waals surface area (Å²) in [5.74, 6) is 1.33. The molecular weight excluding hydrogens is 372 g/mol. The molecule has 7 heteroatoms. The van der Waals surface area contributed by atoms with Gasteiger partial charge in [-0.3, -0.25) is 9.78 Å². The van der Waals surface area contributed by atoms with Gasteiger partial charge in [-0.1, -0.05) is 6.07 Å². The summed E-state index contributed by atoms with van der Waals surface area (Å²) in [6.45, 7) is 0.372. The molecule has 0 fully saturated rings. The van der Waals surface area contributed by atoms with E-state index in [4.69, 9.17) is 18.6 Å². The number of ether oxygens (including phenoxy) is 3. The van der Waals surface area contributed by atoms with Crippen LogP contribution in [-0.4, -0.2) is 32.2 Å². The van der Waals surface area contributed by atoms with Crippen molar-refractivity contribution >= 4 is 12.0 Å². The zero-order chi connectivity index (χ0) is 20.6. The molecule has 1 amide bonds. The Hall–Kier alpha value is -3.74. The number of benzene rings is 1. The number of rotatable bonds is 8. The Morgan fingerprint density at radius 1 is 1.10 bits per heavy atom. The maximum atomic E-state index is 12.2. The summed E-state index contributed by atoms with van der Waals surface area (Å²) < 4.78 is 21.0. The van der Waals surface area contributed by atoms with Crippen LogP contribution in [0.4, 0.5) is 0 Å². The number of pyridine rings is 1. The molecule has 7 nitrogen and oxygen atoms in total. The lowest BCUT2D eigenvalue weighted by Gasteiger charge is -2.12. The molecule has 0 saturated heterocycles. The molecule has 0 radical (unpaired) electrons. The third kappa shape index (κ3) is 4.95. The van der Waals surface area contributed by atoms with Gasteiger partial charge in [0, 0.05) is 24.4 Å². The van der Waals surface area contributed by atoms with E-state index in [1.807, 2.05) is 18.2 Å². The number of aromatic nitrogens is 1. The highest BCUT2D eigenvalue weighted by Gasteiger charge is 2.12. The van der Waals surface area contributed by atoms with E-state index in [2.05, 4.69) is 10.3 Å². The summed E-state index contributed by atoms with van der Waals surface area (Å²) in [7, 11) is 4.63. The van der Waals surface area contributed by atoms with Crippen LogP contribution in [0.25, 0.3) is 17.3 Å². The number of carbonyl (C=O) groups is 1. The Morgan fingerprint density at radius 2 is 1.86 bits per heavy atom. The molecule has 0 spiro atoms. The first-order chi connectivity index (χ1) is 14.1. The van der Waals surface area contributed by atoms with E-state index >= 15 is 0 Å². The van der Waals surface area contributed by atoms with Crippen molar-refractivity contribution in [3.05, 3.63) is 66.3 Å². The fraction of sp³-hybridized carbons (Fsp3) is 0.182. The van der Waals surface area contributed by atoms with Crippen LogP contribution in [0, 0.1) is 0 Å². The number of nitrogens with one attached hydrogen (secondary N) is 1. The molecular formula is C22H22N2O5. The number of hydrogen-bond donors (Lipinski definition) is 1. The molecule has 1 N–H and O–H groups in total. The molecule has 0 aliphatic heterocycles. The summed E-state index contributed by atoms with van der Waals surface area (Å²) in [5.41, 5.74) is 3.37. The Kier molecular flexibility index (Phi) is 6.52. The van der Waals surface area contributed by atoms with Gasteiger partial charge < -0.3 is 23.9 Å². The van der Waals surface area contributed by atoms with Gasteiger partial charge in [-0.25, -0.2) is 0 Å². The average molecular weight is 394 g/mol. The van der Waals surface area contributed by atoms with Crippen LogP contribution in [-0.2, 0) is 11.3 Å². The fourth-order valence-electron chi connectivity index (χ4n) is 2.73. The highest BCUT2D eigenvalue weighted by molar-refractivity contribution is 5.91. The largest absolute Gasteiger partial charge is 0.493 e. The standard InChI is InChI=1S/C22H22N2O5/c1-26-19-10-15(11-20(27-2)22(19)28-3)5-7-21(25)24-13-16-4-6-18(23-12-16)17-8-9-29-14-17/h4-12,14H,13H2,1-3H3,(H,24,25)/b7-5+. The lowest BCUT2D eigenvalue weighted by Crippen LogP contribution is -2.20. The topological polar surface area (TPSA) is 82.8 Å². The molecule has 0 unspecified atom stereocenters. The van der Waals surface area contributed by atoms with Crippen LogP contribution >= 0.6 is 0 Å². The molecule has 2 heterocycles. The smallest absolute Gasteiger partial charge is 0.244 e. The SMILES string of the molecule is COc1cc(/C=C/C(=O)NCc2ccc(-c3ccoc3)nc2)cc(OC)c1OC. The van der Waals surface area contributed by atoms with Gasteiger partial charge in [0.2, 0.25) is 11.7 Å². The maximum Gasteiger partial charge on any atom is 0.244 e. The number of methoxy groups -OCH3 is 3. The Morgan fingerprint density at radius 3 is 2.41 bits per heavy atom. The highest BCUT2D eigenvalue weighted by atomic mass is 16.5. The van der Waals surface area contributed by atoms with Crippen molar-refractivity contribution in [2.24, 2.45) is 0 Å². The predicted molar refractivity (Wildman–Crippen MR) is 109 cm³/mol. The van der Waals surface area contributed by atoms with Gasteiger partial charge in [0.25, 0.3) is 0 Å². The molecule has 0 aliphatic carbocycles. The second-order valence-corrected chi connectivity index (χ2v) is 6.07. The Balaban J connectivity index is 1.61. The minimum Gasteiger partial charge on any atom is -0.493 e. The van der Waals surface area contributed by atoms with Crippen LogP contribution in [0.1, 0.15) is 11.1 Å². The van der Waals surface area contributed by atoms with Crippen molar-refractivity contribution in [1.82, 2.24) is 10.3 Å². The van der Waals surface area contributed by atoms with Crippen molar-refractivity contribution in [3.63, 3.8) is 0 Å². The molecule has 150 valence electrons. The third-order valence-corrected chi connectivity index (χ3v) is 4.22. The van der Waals surface area contributed by atoms with Gasteiger partial charge in [0.05, 0.1) is 39.5 Å². The van der Waals surface area contributed by atoms with Crippen molar-refractivity contribution < 1.29 is 23.4 Å². The van der Waals surface area contributed by atoms with E-state index in [9.17, 15) is 4.79 Å². The van der Waals surface area contributed by atoms with Crippen molar-refractivity contribution in [2.45, 2.75) is 6.54 Å². The van der Waals surface area contributed by atoms with Gasteiger partial charge >= 0.3 is 0 Å². The first kappa shape index (κ1) is 20.0. The van der Waals surface area contributed by atoms with Crippen LogP contribution in [0.2, 0.25) is 0 Å². The maximum absolute atomic E-state index is 12.2. The summed E-state index contributed by atoms with van der Waals surface area (Å²) >= 11 is 0. The molecule has 0 atom stereocenters. The minimum absolute atomic E-state index is 0.224. The normalized spacial score (nSPS) is 10.7. The quantitative estimate of drug-likeness (QED) is 0.587. The Labute approximate surface area is 168 Å². The van der Waals surface area contributed by atoms with Crippen LogP contribution in [0.3, 0.4) is 0 Å². The first-order valence-electron chi connectivity index (χ1n) is 8.88. The van der Waals surface area contributed by atoms with E-state index in [1.54, 1.807) is 58.3 Å². The lowest BCUT2D eigenvalue weighted by atomic mass is 10.1. The van der Waals surface area contributed by atoms with Gasteiger partial charge in [-0.2, -0.15) is 0 Å². The van der Waals surface area contributed by atoms with Gasteiger partial charge in [-0.05, 0) is 41.5 Å². The monoisotopic (exact) mass is 394 g/mol. The number of carbonyl (C=O) groups excluding carboxylic acids is 1. The number of nitrogens with zero attached hydrogens (tertiary/aromatic N) is 1. The first-order valence-corrected chi connectivity index (χ1v) is 8.88. The molecule has 0 saturated carbocycles. The molecule has 2 aromatic heterocycles. The van der Waals surface area contributed by atoms with Gasteiger partial charge in [0.1, 0.15) is 0 Å². The van der Waals surface area contributed by atoms with Crippen molar-refractivity contribution in [1.29, 1.82) is 0 Å². The van der Waals surface area contributed by atoms with E-state index in [0.29, 0.717) is 23.8 Å². The lowest BCUT2D eigenvalue weighted by molar-refractivity contribution is -0.116. The molecule has 3 aromatic rings. The van der Waals surface area contributed by atoms with E-state index in [1.165, 1.54) is 6.08 Å². The highest BCUT2D eigenvalue weighted by Crippen LogP contribution is 2.38. The molecule has 0 bridgehead atoms. The van der Waals surface area contributed by atoms with Crippen LogP contribution in [0.15, 0.2) is 59.5 Å². The van der Waals surface area contributed by atoms with Crippen LogP contribution in [0.5, 0.6) is 17.2 Å². The second-order valence-electron chi connectivity index (χ2n) is 6.07. The van der Waals surface area contributed by atoms with Gasteiger partial charge in [0.15, 0.2) is 11.5 Å². The fourth-order valence-corrected chi connectivity index (χ4v) is 2.73. The molecule has 0 aliphatic rings. The molecule has 29 heavy (non-hydrogen) atoms. The Bertz CT molecular complexity index is 954. The number of furan rings is 1. The van der Waals surface area contributed by atoms with E-state index in [-0.39, 0.29) is 5.91 Å². The van der Waals surface area contributed by atoms with Crippen molar-refractivity contribution in [3.8, 4) is 28.5 Å². The second kappa shape index (κ2) is 9.45. The van der Waals surface area contributed by atoms with E-state index < -0.39 is 0 Å².